The summed E-state index contributed by atoms with van der Waals surface area (Å²) in [6.45, 7) is 10.8. The van der Waals surface area contributed by atoms with E-state index >= 15 is 0 Å². The van der Waals surface area contributed by atoms with Crippen LogP contribution in [0.1, 0.15) is 40.5 Å². The minimum atomic E-state index is -1.00. The minimum absolute atomic E-state index is 0.0431. The molecule has 0 saturated carbocycles. The van der Waals surface area contributed by atoms with E-state index in [9.17, 15) is 9.59 Å². The Morgan fingerprint density at radius 2 is 1.75 bits per heavy atom. The Bertz CT molecular complexity index is 306. The fourth-order valence-corrected chi connectivity index (χ4v) is 1.89. The van der Waals surface area contributed by atoms with Gasteiger partial charge in [0.2, 0.25) is 0 Å². The van der Waals surface area contributed by atoms with Crippen LogP contribution in [-0.2, 0) is 4.79 Å². The van der Waals surface area contributed by atoms with Crippen LogP contribution in [0.15, 0.2) is 0 Å². The number of carboxylic acid groups (broad SMARTS) is 1. The van der Waals surface area contributed by atoms with E-state index in [4.69, 9.17) is 5.11 Å². The largest absolute Gasteiger partial charge is 0.480 e. The van der Waals surface area contributed by atoms with Crippen LogP contribution in [0.25, 0.3) is 0 Å². The first-order chi connectivity index (χ1) is 9.33. The molecule has 0 fully saturated rings. The van der Waals surface area contributed by atoms with Gasteiger partial charge in [-0.2, -0.15) is 0 Å². The van der Waals surface area contributed by atoms with Crippen LogP contribution < -0.4 is 5.32 Å². The molecule has 0 aromatic carbocycles. The van der Waals surface area contributed by atoms with Crippen LogP contribution in [-0.4, -0.2) is 65.7 Å². The van der Waals surface area contributed by atoms with Crippen molar-refractivity contribution < 1.29 is 14.7 Å². The van der Waals surface area contributed by atoms with Gasteiger partial charge in [0.1, 0.15) is 6.04 Å². The van der Waals surface area contributed by atoms with Crippen molar-refractivity contribution >= 4 is 12.0 Å². The van der Waals surface area contributed by atoms with Gasteiger partial charge in [-0.05, 0) is 46.3 Å². The molecule has 0 saturated heterocycles. The molecular formula is C14H29N3O3. The molecule has 0 aliphatic rings. The Morgan fingerprint density at radius 1 is 1.20 bits per heavy atom. The quantitative estimate of drug-likeness (QED) is 0.676. The molecule has 20 heavy (non-hydrogen) atoms. The number of nitrogens with one attached hydrogen (secondary N) is 1. The minimum Gasteiger partial charge on any atom is -0.480 e. The lowest BCUT2D eigenvalue weighted by Crippen LogP contribution is -2.48. The second-order valence-corrected chi connectivity index (χ2v) is 5.14. The van der Waals surface area contributed by atoms with Crippen molar-refractivity contribution in [2.24, 2.45) is 0 Å². The van der Waals surface area contributed by atoms with Gasteiger partial charge in [0.15, 0.2) is 0 Å². The van der Waals surface area contributed by atoms with E-state index in [0.29, 0.717) is 0 Å². The van der Waals surface area contributed by atoms with Crippen LogP contribution in [0.3, 0.4) is 0 Å². The Labute approximate surface area is 122 Å². The van der Waals surface area contributed by atoms with Crippen LogP contribution in [0.5, 0.6) is 0 Å². The molecule has 2 amide bonds. The maximum absolute atomic E-state index is 11.8. The van der Waals surface area contributed by atoms with Crippen molar-refractivity contribution in [3.63, 3.8) is 0 Å². The highest BCUT2D eigenvalue weighted by atomic mass is 16.4. The first-order valence-electron chi connectivity index (χ1n) is 7.31. The lowest BCUT2D eigenvalue weighted by Gasteiger charge is -2.25. The normalized spacial score (nSPS) is 13.9. The topological polar surface area (TPSA) is 72.9 Å². The van der Waals surface area contributed by atoms with Crippen LogP contribution in [0.2, 0.25) is 0 Å². The zero-order valence-electron chi connectivity index (χ0n) is 13.3. The molecule has 0 bridgehead atoms. The van der Waals surface area contributed by atoms with Crippen molar-refractivity contribution in [2.45, 2.75) is 52.6 Å². The predicted molar refractivity (Wildman–Crippen MR) is 79.9 cm³/mol. The van der Waals surface area contributed by atoms with Crippen molar-refractivity contribution in [2.75, 3.05) is 26.7 Å². The molecule has 0 aromatic heterocycles. The number of carboxylic acids is 1. The fourth-order valence-electron chi connectivity index (χ4n) is 1.89. The third kappa shape index (κ3) is 6.75. The Hall–Kier alpha value is -1.30. The molecule has 118 valence electrons. The highest BCUT2D eigenvalue weighted by Crippen LogP contribution is 2.02. The number of hydrogen-bond acceptors (Lipinski definition) is 3. The average molecular weight is 287 g/mol. The molecule has 0 aromatic rings. The third-order valence-corrected chi connectivity index (χ3v) is 3.63. The highest BCUT2D eigenvalue weighted by Gasteiger charge is 2.22. The van der Waals surface area contributed by atoms with E-state index in [1.165, 1.54) is 18.9 Å². The number of likely N-dealkylation sites (N-methyl/N-ethyl adjacent to an activating group) is 1. The molecule has 0 spiro atoms. The van der Waals surface area contributed by atoms with E-state index in [2.05, 4.69) is 24.1 Å². The van der Waals surface area contributed by atoms with Gasteiger partial charge in [-0.25, -0.2) is 9.59 Å². The molecule has 6 heteroatoms. The van der Waals surface area contributed by atoms with Gasteiger partial charge >= 0.3 is 12.0 Å². The molecule has 6 nitrogen and oxygen atoms in total. The SMILES string of the molecule is CCN(CC)CCCC(C)NC(=O)N(C)C(C)C(=O)O. The molecule has 0 aliphatic heterocycles. The maximum Gasteiger partial charge on any atom is 0.326 e. The summed E-state index contributed by atoms with van der Waals surface area (Å²) >= 11 is 0. The molecule has 2 N–H and O–H groups in total. The molecule has 2 unspecified atom stereocenters. The zero-order chi connectivity index (χ0) is 15.7. The van der Waals surface area contributed by atoms with Gasteiger partial charge in [-0.15, -0.1) is 0 Å². The van der Waals surface area contributed by atoms with Crippen LogP contribution >= 0.6 is 0 Å². The number of carbonyl (C=O) groups is 2. The van der Waals surface area contributed by atoms with Gasteiger partial charge in [0.05, 0.1) is 0 Å². The van der Waals surface area contributed by atoms with Crippen molar-refractivity contribution in [3.05, 3.63) is 0 Å². The number of nitrogens with zero attached hydrogens (tertiary/aromatic N) is 2. The van der Waals surface area contributed by atoms with Crippen molar-refractivity contribution in [1.82, 2.24) is 15.1 Å². The van der Waals surface area contributed by atoms with Crippen LogP contribution in [0, 0.1) is 0 Å². The number of aliphatic carboxylic acids is 1. The first kappa shape index (κ1) is 18.7. The summed E-state index contributed by atoms with van der Waals surface area (Å²) in [5, 5.41) is 11.7. The van der Waals surface area contributed by atoms with E-state index < -0.39 is 12.0 Å². The van der Waals surface area contributed by atoms with E-state index in [1.807, 2.05) is 6.92 Å². The summed E-state index contributed by atoms with van der Waals surface area (Å²) in [5.41, 5.74) is 0. The Kier molecular flexibility index (Phi) is 8.96. The molecule has 0 rings (SSSR count). The zero-order valence-corrected chi connectivity index (χ0v) is 13.3. The number of amides is 2. The second kappa shape index (κ2) is 9.58. The van der Waals surface area contributed by atoms with E-state index in [0.717, 1.165) is 32.5 Å². The lowest BCUT2D eigenvalue weighted by atomic mass is 10.2. The summed E-state index contributed by atoms with van der Waals surface area (Å²) in [7, 11) is 1.50. The summed E-state index contributed by atoms with van der Waals surface area (Å²) < 4.78 is 0. The fraction of sp³-hybridized carbons (Fsp3) is 0.857. The monoisotopic (exact) mass is 287 g/mol. The summed E-state index contributed by atoms with van der Waals surface area (Å²) in [4.78, 5) is 26.2. The van der Waals surface area contributed by atoms with Crippen molar-refractivity contribution in [3.8, 4) is 0 Å². The van der Waals surface area contributed by atoms with Gasteiger partial charge in [0.25, 0.3) is 0 Å². The number of hydrogen-bond donors (Lipinski definition) is 2. The second-order valence-electron chi connectivity index (χ2n) is 5.14. The smallest absolute Gasteiger partial charge is 0.326 e. The Morgan fingerprint density at radius 3 is 2.20 bits per heavy atom. The summed E-state index contributed by atoms with van der Waals surface area (Å²) in [6.07, 6.45) is 1.90. The molecular weight excluding hydrogens is 258 g/mol. The standard InChI is InChI=1S/C14H29N3O3/c1-6-17(7-2)10-8-9-11(3)15-14(20)16(5)12(4)13(18)19/h11-12H,6-10H2,1-5H3,(H,15,20)(H,18,19). The maximum atomic E-state index is 11.8. The predicted octanol–water partition coefficient (Wildman–Crippen LogP) is 1.61. The van der Waals surface area contributed by atoms with Gasteiger partial charge in [0, 0.05) is 13.1 Å². The average Bonchev–Trinajstić information content (AvgIpc) is 2.41. The van der Waals surface area contributed by atoms with E-state index in [-0.39, 0.29) is 12.1 Å². The number of carbonyl (C=O) groups excluding carboxylic acids is 1. The molecule has 0 aliphatic carbocycles. The lowest BCUT2D eigenvalue weighted by molar-refractivity contribution is -0.141. The van der Waals surface area contributed by atoms with E-state index in [1.54, 1.807) is 0 Å². The summed E-state index contributed by atoms with van der Waals surface area (Å²) in [5.74, 6) is -1.00. The highest BCUT2D eigenvalue weighted by molar-refractivity contribution is 5.82. The number of rotatable bonds is 9. The molecule has 0 heterocycles. The van der Waals surface area contributed by atoms with Gasteiger partial charge in [-0.1, -0.05) is 13.8 Å². The first-order valence-corrected chi connectivity index (χ1v) is 7.31. The molecule has 2 atom stereocenters. The molecule has 0 radical (unpaired) electrons. The van der Waals surface area contributed by atoms with Gasteiger partial charge in [-0.3, -0.25) is 0 Å². The summed E-state index contributed by atoms with van der Waals surface area (Å²) in [6, 6.07) is -1.12. The Balaban J connectivity index is 4.04. The van der Waals surface area contributed by atoms with Crippen molar-refractivity contribution in [1.29, 1.82) is 0 Å². The number of urea groups is 1. The van der Waals surface area contributed by atoms with Crippen LogP contribution in [0.4, 0.5) is 4.79 Å². The van der Waals surface area contributed by atoms with Gasteiger partial charge < -0.3 is 20.2 Å². The third-order valence-electron chi connectivity index (χ3n) is 3.63.